The number of carbonyl (C=O) groups excluding carboxylic acids is 1. The summed E-state index contributed by atoms with van der Waals surface area (Å²) in [6, 6.07) is 10.5. The van der Waals surface area contributed by atoms with Gasteiger partial charge in [-0.1, -0.05) is 0 Å². The van der Waals surface area contributed by atoms with Gasteiger partial charge in [0.25, 0.3) is 0 Å². The molecule has 30 heavy (non-hydrogen) atoms. The number of hydrogen-bond donors (Lipinski definition) is 2. The van der Waals surface area contributed by atoms with Crippen LogP contribution in [0, 0.1) is 7.14 Å². The molecule has 2 N–H and O–H groups in total. The summed E-state index contributed by atoms with van der Waals surface area (Å²) < 4.78 is 6.80. The minimum absolute atomic E-state index is 0.310. The smallest absolute Gasteiger partial charge is 0.422 e. The summed E-state index contributed by atoms with van der Waals surface area (Å²) in [6.07, 6.45) is 0. The lowest BCUT2D eigenvalue weighted by Gasteiger charge is -2.04. The third-order valence-electron chi connectivity index (χ3n) is 3.48. The highest BCUT2D eigenvalue weighted by Crippen LogP contribution is 2.18. The summed E-state index contributed by atoms with van der Waals surface area (Å²) in [5.74, 6) is -1.54. The molecule has 3 rings (SSSR count). The first-order valence-corrected chi connectivity index (χ1v) is 10.7. The average Bonchev–Trinajstić information content (AvgIpc) is 2.66. The Hall–Kier alpha value is -1.64. The van der Waals surface area contributed by atoms with E-state index in [1.165, 1.54) is 4.57 Å². The molecule has 0 saturated heterocycles. The molecule has 0 aliphatic rings. The molecule has 0 radical (unpaired) electrons. The van der Waals surface area contributed by atoms with Crippen molar-refractivity contribution < 1.29 is 19.1 Å². The Labute approximate surface area is 207 Å². The number of aromatic carboxylic acids is 1. The zero-order valence-electron chi connectivity index (χ0n) is 15.4. The van der Waals surface area contributed by atoms with Crippen LogP contribution >= 0.6 is 68.4 Å². The second-order valence-electron chi connectivity index (χ2n) is 5.35. The fourth-order valence-electron chi connectivity index (χ4n) is 2.18. The van der Waals surface area contributed by atoms with Crippen LogP contribution < -0.4 is 16.7 Å². The zero-order chi connectivity index (χ0) is 23.0. The molecule has 0 bridgehead atoms. The Morgan fingerprint density at radius 2 is 1.60 bits per heavy atom. The number of aromatic nitrogens is 1. The first-order valence-electron chi connectivity index (χ1n) is 7.82. The summed E-state index contributed by atoms with van der Waals surface area (Å²) in [5.41, 5.74) is 0.959. The molecular weight excluding hydrogens is 665 g/mol. The van der Waals surface area contributed by atoms with Crippen molar-refractivity contribution in [2.45, 2.75) is 0 Å². The van der Waals surface area contributed by atoms with Crippen molar-refractivity contribution in [3.8, 4) is 0 Å². The predicted molar refractivity (Wildman–Crippen MR) is 133 cm³/mol. The first-order chi connectivity index (χ1) is 14.0. The van der Waals surface area contributed by atoms with Crippen LogP contribution in [0.25, 0.3) is 10.9 Å². The maximum atomic E-state index is 11.3. The van der Waals surface area contributed by atoms with Gasteiger partial charge in [-0.25, -0.2) is 14.4 Å². The number of nitrogens with one attached hydrogen (secondary N) is 1. The molecule has 8 nitrogen and oxygen atoms in total. The van der Waals surface area contributed by atoms with Crippen LogP contribution in [0.5, 0.6) is 0 Å². The fraction of sp³-hybridized carbons (Fsp3) is 0.111. The van der Waals surface area contributed by atoms with Crippen molar-refractivity contribution in [1.82, 2.24) is 4.57 Å². The molecule has 12 heteroatoms. The van der Waals surface area contributed by atoms with Gasteiger partial charge in [0.05, 0.1) is 16.5 Å². The van der Waals surface area contributed by atoms with E-state index in [1.54, 1.807) is 38.4 Å². The van der Waals surface area contributed by atoms with Crippen LogP contribution in [-0.4, -0.2) is 27.4 Å². The SMILES string of the molecule is CNc1ccc(I)cc1C(=O)O.Cn1c(=O)oc(=O)c2cc(I)ccc21.O=C(Cl)Cl. The Morgan fingerprint density at radius 1 is 1.07 bits per heavy atom. The van der Waals surface area contributed by atoms with E-state index in [1.807, 2.05) is 12.1 Å². The van der Waals surface area contributed by atoms with Gasteiger partial charge in [0.2, 0.25) is 0 Å². The minimum atomic E-state index is -0.905. The summed E-state index contributed by atoms with van der Waals surface area (Å²) in [4.78, 5) is 42.1. The number of halogens is 4. The quantitative estimate of drug-likeness (QED) is 0.298. The number of rotatable bonds is 2. The molecule has 0 fully saturated rings. The van der Waals surface area contributed by atoms with Crippen LogP contribution in [0.4, 0.5) is 10.5 Å². The number of nitrogens with zero attached hydrogens (tertiary/aromatic N) is 1. The number of aryl methyl sites for hydroxylation is 1. The molecule has 3 aromatic rings. The van der Waals surface area contributed by atoms with E-state index < -0.39 is 22.1 Å². The third kappa shape index (κ3) is 7.89. The van der Waals surface area contributed by atoms with Gasteiger partial charge in [0, 0.05) is 26.9 Å². The molecule has 0 aliphatic carbocycles. The number of carboxylic acids is 1. The lowest BCUT2D eigenvalue weighted by Crippen LogP contribution is -2.22. The highest BCUT2D eigenvalue weighted by atomic mass is 127. The molecule has 1 heterocycles. The molecule has 160 valence electrons. The molecule has 0 aliphatic heterocycles. The van der Waals surface area contributed by atoms with Crippen LogP contribution in [0.15, 0.2) is 50.4 Å². The Kier molecular flexibility index (Phi) is 10.8. The molecule has 0 amide bonds. The van der Waals surface area contributed by atoms with Gasteiger partial charge in [-0.05, 0) is 105 Å². The van der Waals surface area contributed by atoms with E-state index >= 15 is 0 Å². The summed E-state index contributed by atoms with van der Waals surface area (Å²) in [6.45, 7) is 0. The van der Waals surface area contributed by atoms with Gasteiger partial charge in [-0.15, -0.1) is 0 Å². The topological polar surface area (TPSA) is 119 Å². The van der Waals surface area contributed by atoms with Gasteiger partial charge in [0.15, 0.2) is 0 Å². The predicted octanol–water partition coefficient (Wildman–Crippen LogP) is 4.71. The summed E-state index contributed by atoms with van der Waals surface area (Å²) in [7, 11) is 3.27. The average molecular weight is 679 g/mol. The molecule has 0 spiro atoms. The Morgan fingerprint density at radius 3 is 2.13 bits per heavy atom. The molecule has 0 unspecified atom stereocenters. The van der Waals surface area contributed by atoms with E-state index in [0.717, 1.165) is 7.14 Å². The van der Waals surface area contributed by atoms with Gasteiger partial charge in [-0.2, -0.15) is 0 Å². The van der Waals surface area contributed by atoms with E-state index in [-0.39, 0.29) is 0 Å². The fourth-order valence-corrected chi connectivity index (χ4v) is 3.16. The maximum Gasteiger partial charge on any atom is 0.422 e. The molecular formula is C18H14Cl2I2N2O6. The van der Waals surface area contributed by atoms with Crippen LogP contribution in [-0.2, 0) is 7.05 Å². The van der Waals surface area contributed by atoms with Crippen molar-refractivity contribution in [2.75, 3.05) is 12.4 Å². The standard InChI is InChI=1S/C9H6INO3.C8H8INO2.CCl2O/c1-11-7-3-2-5(10)4-6(7)8(12)14-9(11)13;1-10-7-3-2-5(9)4-6(7)8(11)12;2-1(3)4/h2-4H,1H3;2-4,10H,1H3,(H,11,12);. The van der Waals surface area contributed by atoms with Crippen molar-refractivity contribution >= 4 is 95.6 Å². The van der Waals surface area contributed by atoms with Gasteiger partial charge in [0.1, 0.15) is 0 Å². The number of carboxylic acid groups (broad SMARTS) is 1. The Balaban J connectivity index is 0.000000258. The normalized spacial score (nSPS) is 9.67. The molecule has 1 aromatic heterocycles. The summed E-state index contributed by atoms with van der Waals surface area (Å²) in [5, 5.41) is 12.0. The monoisotopic (exact) mass is 678 g/mol. The van der Waals surface area contributed by atoms with E-state index in [0.29, 0.717) is 22.2 Å². The number of fused-ring (bicyclic) bond motifs is 1. The van der Waals surface area contributed by atoms with Gasteiger partial charge in [-0.3, -0.25) is 9.36 Å². The number of hydrogen-bond acceptors (Lipinski definition) is 6. The second-order valence-corrected chi connectivity index (χ2v) is 8.72. The highest BCUT2D eigenvalue weighted by molar-refractivity contribution is 14.1. The van der Waals surface area contributed by atoms with E-state index in [4.69, 9.17) is 9.90 Å². The van der Waals surface area contributed by atoms with E-state index in [9.17, 15) is 14.4 Å². The highest BCUT2D eigenvalue weighted by Gasteiger charge is 2.08. The second kappa shape index (κ2) is 12.3. The maximum absolute atomic E-state index is 11.3. The Bertz CT molecular complexity index is 1190. The number of benzene rings is 2. The molecule has 0 atom stereocenters. The van der Waals surface area contributed by atoms with Gasteiger partial charge >= 0.3 is 22.1 Å². The minimum Gasteiger partial charge on any atom is -0.478 e. The van der Waals surface area contributed by atoms with Crippen molar-refractivity contribution in [2.24, 2.45) is 7.05 Å². The van der Waals surface area contributed by atoms with Crippen molar-refractivity contribution in [3.63, 3.8) is 0 Å². The largest absolute Gasteiger partial charge is 0.478 e. The van der Waals surface area contributed by atoms with Crippen molar-refractivity contribution in [1.29, 1.82) is 0 Å². The lowest BCUT2D eigenvalue weighted by atomic mass is 10.2. The number of carbonyl (C=O) groups is 2. The lowest BCUT2D eigenvalue weighted by molar-refractivity contribution is 0.0698. The molecule has 2 aromatic carbocycles. The van der Waals surface area contributed by atoms with Gasteiger partial charge < -0.3 is 14.8 Å². The van der Waals surface area contributed by atoms with Crippen LogP contribution in [0.1, 0.15) is 10.4 Å². The molecule has 0 saturated carbocycles. The van der Waals surface area contributed by atoms with Crippen LogP contribution in [0.3, 0.4) is 0 Å². The van der Waals surface area contributed by atoms with E-state index in [2.05, 4.69) is 78.1 Å². The first kappa shape index (κ1) is 26.4. The third-order valence-corrected chi connectivity index (χ3v) is 4.82. The van der Waals surface area contributed by atoms with Crippen molar-refractivity contribution in [3.05, 3.63) is 70.1 Å². The number of anilines is 1. The zero-order valence-corrected chi connectivity index (χ0v) is 21.2. The summed E-state index contributed by atoms with van der Waals surface area (Å²) >= 11 is 13.0. The van der Waals surface area contributed by atoms with Crippen LogP contribution in [0.2, 0.25) is 0 Å².